The molecule has 1 saturated carbocycles. The van der Waals surface area contributed by atoms with E-state index in [1.165, 1.54) is 32.1 Å². The minimum absolute atomic E-state index is 0.539. The molecule has 2 aliphatic rings. The van der Waals surface area contributed by atoms with Crippen molar-refractivity contribution in [3.8, 4) is 0 Å². The monoisotopic (exact) mass is 272 g/mol. The van der Waals surface area contributed by atoms with Crippen LogP contribution in [0.25, 0.3) is 0 Å². The minimum atomic E-state index is 0.539. The molecule has 2 N–H and O–H groups in total. The number of hydrogen-bond acceptors (Lipinski definition) is 4. The van der Waals surface area contributed by atoms with E-state index in [2.05, 4.69) is 23.8 Å². The van der Waals surface area contributed by atoms with Gasteiger partial charge >= 0.3 is 0 Å². The van der Waals surface area contributed by atoms with Crippen LogP contribution >= 0.6 is 11.8 Å². The van der Waals surface area contributed by atoms with Crippen LogP contribution in [0.3, 0.4) is 0 Å². The summed E-state index contributed by atoms with van der Waals surface area (Å²) in [5.74, 6) is 0. The normalized spacial score (nSPS) is 35.3. The van der Waals surface area contributed by atoms with Crippen molar-refractivity contribution < 1.29 is 4.74 Å². The van der Waals surface area contributed by atoms with Gasteiger partial charge in [-0.25, -0.2) is 0 Å². The molecule has 4 heteroatoms. The SMILES string of the molecule is CSC1CCCCC1NC(C)CC1COCCN1. The number of ether oxygens (including phenoxy) is 1. The zero-order valence-corrected chi connectivity index (χ0v) is 12.6. The molecule has 4 atom stereocenters. The number of nitrogens with one attached hydrogen (secondary N) is 2. The Morgan fingerprint density at radius 1 is 1.39 bits per heavy atom. The van der Waals surface area contributed by atoms with Gasteiger partial charge in [-0.1, -0.05) is 12.8 Å². The van der Waals surface area contributed by atoms with Crippen molar-refractivity contribution in [1.82, 2.24) is 10.6 Å². The Hall–Kier alpha value is 0.230. The van der Waals surface area contributed by atoms with E-state index in [-0.39, 0.29) is 0 Å². The minimum Gasteiger partial charge on any atom is -0.379 e. The fourth-order valence-electron chi connectivity index (χ4n) is 3.20. The summed E-state index contributed by atoms with van der Waals surface area (Å²) in [6, 6.07) is 1.84. The van der Waals surface area contributed by atoms with Gasteiger partial charge in [0.05, 0.1) is 13.2 Å². The highest BCUT2D eigenvalue weighted by molar-refractivity contribution is 7.99. The van der Waals surface area contributed by atoms with Gasteiger partial charge in [0.15, 0.2) is 0 Å². The maximum atomic E-state index is 5.52. The third-order valence-electron chi connectivity index (χ3n) is 4.14. The Morgan fingerprint density at radius 3 is 2.94 bits per heavy atom. The Kier molecular flexibility index (Phi) is 6.29. The van der Waals surface area contributed by atoms with Gasteiger partial charge < -0.3 is 15.4 Å². The molecule has 1 aliphatic heterocycles. The van der Waals surface area contributed by atoms with E-state index in [0.717, 1.165) is 25.0 Å². The molecule has 3 nitrogen and oxygen atoms in total. The van der Waals surface area contributed by atoms with E-state index < -0.39 is 0 Å². The van der Waals surface area contributed by atoms with Crippen molar-refractivity contribution >= 4 is 11.8 Å². The fraction of sp³-hybridized carbons (Fsp3) is 1.00. The second-order valence-corrected chi connectivity index (χ2v) is 6.77. The van der Waals surface area contributed by atoms with Gasteiger partial charge in [0.25, 0.3) is 0 Å². The van der Waals surface area contributed by atoms with E-state index >= 15 is 0 Å². The molecule has 4 unspecified atom stereocenters. The average molecular weight is 272 g/mol. The van der Waals surface area contributed by atoms with E-state index in [1.807, 2.05) is 11.8 Å². The van der Waals surface area contributed by atoms with Crippen LogP contribution < -0.4 is 10.6 Å². The highest BCUT2D eigenvalue weighted by atomic mass is 32.2. The molecular weight excluding hydrogens is 244 g/mol. The highest BCUT2D eigenvalue weighted by Crippen LogP contribution is 2.27. The molecule has 1 aliphatic carbocycles. The molecule has 1 heterocycles. The predicted octanol–water partition coefficient (Wildman–Crippen LogP) is 2.02. The maximum absolute atomic E-state index is 5.52. The fourth-order valence-corrected chi connectivity index (χ4v) is 4.15. The largest absolute Gasteiger partial charge is 0.379 e. The smallest absolute Gasteiger partial charge is 0.0620 e. The zero-order valence-electron chi connectivity index (χ0n) is 11.8. The van der Waals surface area contributed by atoms with Gasteiger partial charge in [-0.05, 0) is 32.4 Å². The van der Waals surface area contributed by atoms with E-state index in [1.54, 1.807) is 0 Å². The number of hydrogen-bond donors (Lipinski definition) is 2. The Bertz CT molecular complexity index is 234. The van der Waals surface area contributed by atoms with Gasteiger partial charge in [0.2, 0.25) is 0 Å². The van der Waals surface area contributed by atoms with Crippen LogP contribution in [0.1, 0.15) is 39.0 Å². The number of rotatable bonds is 5. The van der Waals surface area contributed by atoms with Crippen molar-refractivity contribution in [1.29, 1.82) is 0 Å². The quantitative estimate of drug-likeness (QED) is 0.802. The van der Waals surface area contributed by atoms with Gasteiger partial charge in [-0.3, -0.25) is 0 Å². The molecule has 2 fully saturated rings. The molecule has 106 valence electrons. The van der Waals surface area contributed by atoms with Gasteiger partial charge in [-0.15, -0.1) is 0 Å². The van der Waals surface area contributed by atoms with Crippen molar-refractivity contribution in [3.05, 3.63) is 0 Å². The summed E-state index contributed by atoms with van der Waals surface area (Å²) < 4.78 is 5.52. The summed E-state index contributed by atoms with van der Waals surface area (Å²) in [6.07, 6.45) is 8.98. The Balaban J connectivity index is 1.73. The number of morpholine rings is 1. The molecule has 0 bridgehead atoms. The summed E-state index contributed by atoms with van der Waals surface area (Å²) in [5.41, 5.74) is 0. The van der Waals surface area contributed by atoms with Crippen molar-refractivity contribution in [2.75, 3.05) is 26.0 Å². The van der Waals surface area contributed by atoms with Crippen LogP contribution in [0.15, 0.2) is 0 Å². The lowest BCUT2D eigenvalue weighted by Crippen LogP contribution is -2.49. The first-order valence-corrected chi connectivity index (χ1v) is 8.68. The third kappa shape index (κ3) is 4.41. The van der Waals surface area contributed by atoms with Crippen molar-refractivity contribution in [2.24, 2.45) is 0 Å². The second-order valence-electron chi connectivity index (χ2n) is 5.69. The Labute approximate surface area is 116 Å². The van der Waals surface area contributed by atoms with Crippen molar-refractivity contribution in [2.45, 2.75) is 62.4 Å². The summed E-state index contributed by atoms with van der Waals surface area (Å²) in [6.45, 7) is 5.08. The van der Waals surface area contributed by atoms with E-state index in [0.29, 0.717) is 18.1 Å². The lowest BCUT2D eigenvalue weighted by molar-refractivity contribution is 0.0705. The lowest BCUT2D eigenvalue weighted by atomic mass is 9.93. The zero-order chi connectivity index (χ0) is 12.8. The van der Waals surface area contributed by atoms with E-state index in [4.69, 9.17) is 4.74 Å². The first kappa shape index (κ1) is 14.6. The van der Waals surface area contributed by atoms with Gasteiger partial charge in [0.1, 0.15) is 0 Å². The maximum Gasteiger partial charge on any atom is 0.0620 e. The van der Waals surface area contributed by atoms with Crippen LogP contribution in [0.4, 0.5) is 0 Å². The van der Waals surface area contributed by atoms with Crippen LogP contribution in [0, 0.1) is 0 Å². The van der Waals surface area contributed by atoms with Crippen LogP contribution in [0.2, 0.25) is 0 Å². The molecule has 0 radical (unpaired) electrons. The summed E-state index contributed by atoms with van der Waals surface area (Å²) in [5, 5.41) is 8.21. The standard InChI is InChI=1S/C14H28N2OS/c1-11(9-12-10-17-8-7-15-12)16-13-5-3-4-6-14(13)18-2/h11-16H,3-10H2,1-2H3. The highest BCUT2D eigenvalue weighted by Gasteiger charge is 2.26. The number of thioether (sulfide) groups is 1. The summed E-state index contributed by atoms with van der Waals surface area (Å²) in [4.78, 5) is 0. The molecule has 0 aromatic carbocycles. The predicted molar refractivity (Wildman–Crippen MR) is 79.4 cm³/mol. The van der Waals surface area contributed by atoms with Crippen LogP contribution in [-0.2, 0) is 4.74 Å². The van der Waals surface area contributed by atoms with Crippen molar-refractivity contribution in [3.63, 3.8) is 0 Å². The van der Waals surface area contributed by atoms with Gasteiger partial charge in [-0.2, -0.15) is 11.8 Å². The molecular formula is C14H28N2OS. The molecule has 0 aromatic heterocycles. The topological polar surface area (TPSA) is 33.3 Å². The molecule has 0 amide bonds. The first-order valence-electron chi connectivity index (χ1n) is 7.39. The van der Waals surface area contributed by atoms with E-state index in [9.17, 15) is 0 Å². The second kappa shape index (κ2) is 7.73. The first-order chi connectivity index (χ1) is 8.79. The molecule has 0 aromatic rings. The van der Waals surface area contributed by atoms with Crippen LogP contribution in [-0.4, -0.2) is 49.4 Å². The molecule has 2 rings (SSSR count). The third-order valence-corrected chi connectivity index (χ3v) is 5.31. The summed E-state index contributed by atoms with van der Waals surface area (Å²) in [7, 11) is 0. The average Bonchev–Trinajstić information content (AvgIpc) is 2.40. The lowest BCUT2D eigenvalue weighted by Gasteiger charge is -2.35. The van der Waals surface area contributed by atoms with Crippen LogP contribution in [0.5, 0.6) is 0 Å². The van der Waals surface area contributed by atoms with Gasteiger partial charge in [0, 0.05) is 29.9 Å². The summed E-state index contributed by atoms with van der Waals surface area (Å²) >= 11 is 2.04. The molecule has 0 spiro atoms. The Morgan fingerprint density at radius 2 is 2.22 bits per heavy atom. The molecule has 18 heavy (non-hydrogen) atoms. The molecule has 1 saturated heterocycles.